The first kappa shape index (κ1) is 23.7. The second kappa shape index (κ2) is 9.69. The molecule has 2 aromatic rings. The lowest BCUT2D eigenvalue weighted by molar-refractivity contribution is -0.131. The van der Waals surface area contributed by atoms with Gasteiger partial charge in [0.1, 0.15) is 5.69 Å². The number of hydroxylamine groups is 1. The lowest BCUT2D eigenvalue weighted by Gasteiger charge is -2.31. The molecule has 32 heavy (non-hydrogen) atoms. The SMILES string of the molecule is Cn1cnc(C#Cc2ccc(C3=CCN(CCC(C)(C(=O)NO)S(C)(=O)=O)CC3)cc2)c1. The standard InChI is InChI=1S/C23H28N4O4S/c1-23(22(28)25-29,32(3,30)31)12-15-27-13-10-20(11-14-27)19-7-4-18(5-8-19)6-9-21-16-26(2)17-24-21/h4-5,7-8,10,16-17,29H,11-15H2,1-3H3,(H,25,28). The average Bonchev–Trinajstić information content (AvgIpc) is 3.20. The van der Waals surface area contributed by atoms with Gasteiger partial charge in [0, 0.05) is 44.7 Å². The van der Waals surface area contributed by atoms with Crippen molar-refractivity contribution in [2.45, 2.75) is 24.5 Å². The molecule has 0 bridgehead atoms. The monoisotopic (exact) mass is 456 g/mol. The number of hydrogen-bond acceptors (Lipinski definition) is 6. The smallest absolute Gasteiger partial charge is 0.264 e. The van der Waals surface area contributed by atoms with Crippen LogP contribution in [0.5, 0.6) is 0 Å². The van der Waals surface area contributed by atoms with E-state index in [4.69, 9.17) is 5.21 Å². The maximum atomic E-state index is 12.1. The second-order valence-corrected chi connectivity index (χ2v) is 10.7. The molecule has 1 aliphatic heterocycles. The lowest BCUT2D eigenvalue weighted by Crippen LogP contribution is -2.51. The van der Waals surface area contributed by atoms with E-state index in [0.717, 1.165) is 36.0 Å². The molecular weight excluding hydrogens is 428 g/mol. The molecule has 8 nitrogen and oxygen atoms in total. The Bertz CT molecular complexity index is 1170. The number of imidazole rings is 1. The molecule has 0 fully saturated rings. The summed E-state index contributed by atoms with van der Waals surface area (Å²) in [6.45, 7) is 3.20. The van der Waals surface area contributed by atoms with Gasteiger partial charge in [0.25, 0.3) is 5.91 Å². The van der Waals surface area contributed by atoms with Crippen LogP contribution in [0.2, 0.25) is 0 Å². The largest absolute Gasteiger partial charge is 0.339 e. The summed E-state index contributed by atoms with van der Waals surface area (Å²) in [7, 11) is -1.78. The molecule has 0 radical (unpaired) electrons. The van der Waals surface area contributed by atoms with E-state index in [1.165, 1.54) is 18.0 Å². The van der Waals surface area contributed by atoms with Crippen LogP contribution in [0.25, 0.3) is 5.57 Å². The van der Waals surface area contributed by atoms with Crippen LogP contribution in [0.15, 0.2) is 42.9 Å². The Morgan fingerprint density at radius 2 is 2.00 bits per heavy atom. The molecule has 2 N–H and O–H groups in total. The van der Waals surface area contributed by atoms with Gasteiger partial charge in [-0.25, -0.2) is 18.9 Å². The highest BCUT2D eigenvalue weighted by Crippen LogP contribution is 2.25. The summed E-state index contributed by atoms with van der Waals surface area (Å²) in [5.41, 5.74) is 5.50. The van der Waals surface area contributed by atoms with Crippen LogP contribution >= 0.6 is 0 Å². The van der Waals surface area contributed by atoms with Crippen molar-refractivity contribution in [3.8, 4) is 11.8 Å². The van der Waals surface area contributed by atoms with Crippen molar-refractivity contribution in [2.75, 3.05) is 25.9 Å². The molecule has 1 aromatic heterocycles. The van der Waals surface area contributed by atoms with E-state index >= 15 is 0 Å². The van der Waals surface area contributed by atoms with Crippen LogP contribution in [0.3, 0.4) is 0 Å². The molecule has 0 spiro atoms. The molecule has 1 unspecified atom stereocenters. The van der Waals surface area contributed by atoms with Gasteiger partial charge >= 0.3 is 0 Å². The summed E-state index contributed by atoms with van der Waals surface area (Å²) >= 11 is 0. The van der Waals surface area contributed by atoms with Crippen molar-refractivity contribution < 1.29 is 18.4 Å². The number of hydrogen-bond donors (Lipinski definition) is 2. The minimum atomic E-state index is -3.69. The third kappa shape index (κ3) is 5.46. The normalized spacial score (nSPS) is 16.4. The number of aromatic nitrogens is 2. The van der Waals surface area contributed by atoms with E-state index in [0.29, 0.717) is 13.1 Å². The summed E-state index contributed by atoms with van der Waals surface area (Å²) in [5.74, 6) is 5.26. The van der Waals surface area contributed by atoms with Crippen LogP contribution in [0.4, 0.5) is 0 Å². The van der Waals surface area contributed by atoms with Crippen molar-refractivity contribution >= 4 is 21.3 Å². The highest BCUT2D eigenvalue weighted by molar-refractivity contribution is 7.92. The van der Waals surface area contributed by atoms with E-state index in [1.807, 2.05) is 29.9 Å². The van der Waals surface area contributed by atoms with E-state index in [1.54, 1.807) is 6.33 Å². The van der Waals surface area contributed by atoms with Crippen LogP contribution in [0, 0.1) is 11.8 Å². The van der Waals surface area contributed by atoms with Crippen LogP contribution in [-0.4, -0.2) is 64.6 Å². The summed E-state index contributed by atoms with van der Waals surface area (Å²) < 4.78 is 24.4. The zero-order chi connectivity index (χ0) is 23.4. The topological polar surface area (TPSA) is 105 Å². The van der Waals surface area contributed by atoms with Gasteiger partial charge in [-0.15, -0.1) is 0 Å². The molecule has 1 aliphatic rings. The lowest BCUT2D eigenvalue weighted by atomic mass is 9.98. The Hall–Kier alpha value is -2.93. The van der Waals surface area contributed by atoms with E-state index in [-0.39, 0.29) is 6.42 Å². The van der Waals surface area contributed by atoms with Crippen molar-refractivity contribution in [1.82, 2.24) is 19.9 Å². The van der Waals surface area contributed by atoms with Gasteiger partial charge in [-0.3, -0.25) is 14.9 Å². The molecule has 1 aromatic carbocycles. The highest BCUT2D eigenvalue weighted by Gasteiger charge is 2.43. The number of nitrogens with zero attached hydrogens (tertiary/aromatic N) is 3. The zero-order valence-corrected chi connectivity index (χ0v) is 19.3. The minimum Gasteiger partial charge on any atom is -0.339 e. The Morgan fingerprint density at radius 3 is 2.53 bits per heavy atom. The van der Waals surface area contributed by atoms with Crippen LogP contribution in [-0.2, 0) is 21.7 Å². The van der Waals surface area contributed by atoms with Gasteiger partial charge in [-0.1, -0.05) is 24.1 Å². The maximum absolute atomic E-state index is 12.1. The average molecular weight is 457 g/mol. The molecule has 9 heteroatoms. The first-order valence-corrected chi connectivity index (χ1v) is 12.2. The number of amides is 1. The van der Waals surface area contributed by atoms with Gasteiger partial charge in [0.05, 0.1) is 6.33 Å². The van der Waals surface area contributed by atoms with Gasteiger partial charge in [-0.2, -0.15) is 0 Å². The first-order valence-electron chi connectivity index (χ1n) is 10.3. The van der Waals surface area contributed by atoms with Gasteiger partial charge in [0.15, 0.2) is 14.6 Å². The number of carbonyl (C=O) groups excluding carboxylic acids is 1. The number of carbonyl (C=O) groups is 1. The van der Waals surface area contributed by atoms with Crippen LogP contribution in [0.1, 0.15) is 36.6 Å². The Balaban J connectivity index is 1.60. The quantitative estimate of drug-likeness (QED) is 0.389. The fraction of sp³-hybridized carbons (Fsp3) is 0.391. The number of rotatable bonds is 6. The Morgan fingerprint density at radius 1 is 1.28 bits per heavy atom. The third-order valence-electron chi connectivity index (χ3n) is 5.89. The summed E-state index contributed by atoms with van der Waals surface area (Å²) in [5, 5.41) is 8.94. The third-order valence-corrected chi connectivity index (χ3v) is 7.92. The predicted molar refractivity (Wildman–Crippen MR) is 122 cm³/mol. The van der Waals surface area contributed by atoms with Gasteiger partial charge in [-0.05, 0) is 49.0 Å². The molecule has 1 amide bonds. The number of nitrogens with one attached hydrogen (secondary N) is 1. The zero-order valence-electron chi connectivity index (χ0n) is 18.5. The Labute approximate surface area is 188 Å². The van der Waals surface area contributed by atoms with E-state index < -0.39 is 20.5 Å². The fourth-order valence-corrected chi connectivity index (χ4v) is 4.36. The molecule has 0 aliphatic carbocycles. The molecule has 1 atom stereocenters. The van der Waals surface area contributed by atoms with Gasteiger partial charge in [0.2, 0.25) is 0 Å². The number of aryl methyl sites for hydroxylation is 1. The molecular formula is C23H28N4O4S. The predicted octanol–water partition coefficient (Wildman–Crippen LogP) is 1.61. The Kier molecular flexibility index (Phi) is 7.19. The fourth-order valence-electron chi connectivity index (χ4n) is 3.51. The van der Waals surface area contributed by atoms with Crippen LogP contribution < -0.4 is 5.48 Å². The van der Waals surface area contributed by atoms with E-state index in [2.05, 4.69) is 39.9 Å². The first-order chi connectivity index (χ1) is 15.1. The highest BCUT2D eigenvalue weighted by atomic mass is 32.2. The summed E-state index contributed by atoms with van der Waals surface area (Å²) in [6, 6.07) is 8.08. The second-order valence-electron chi connectivity index (χ2n) is 8.23. The maximum Gasteiger partial charge on any atom is 0.264 e. The van der Waals surface area contributed by atoms with Crippen molar-refractivity contribution in [3.63, 3.8) is 0 Å². The van der Waals surface area contributed by atoms with Crippen molar-refractivity contribution in [2.24, 2.45) is 7.05 Å². The molecule has 170 valence electrons. The molecule has 3 rings (SSSR count). The number of benzene rings is 1. The molecule has 0 saturated carbocycles. The van der Waals surface area contributed by atoms with Gasteiger partial charge < -0.3 is 4.57 Å². The number of sulfone groups is 1. The molecule has 2 heterocycles. The van der Waals surface area contributed by atoms with Crippen molar-refractivity contribution in [3.05, 3.63) is 59.7 Å². The summed E-state index contributed by atoms with van der Waals surface area (Å²) in [6.07, 6.45) is 7.65. The minimum absolute atomic E-state index is 0.102. The van der Waals surface area contributed by atoms with E-state index in [9.17, 15) is 13.2 Å². The molecule has 0 saturated heterocycles. The summed E-state index contributed by atoms with van der Waals surface area (Å²) in [4.78, 5) is 18.3. The van der Waals surface area contributed by atoms with Crippen molar-refractivity contribution in [1.29, 1.82) is 0 Å².